The van der Waals surface area contributed by atoms with Gasteiger partial charge in [0, 0.05) is 11.6 Å². The van der Waals surface area contributed by atoms with E-state index in [1.165, 1.54) is 19.3 Å². The Hall–Kier alpha value is -1.48. The fraction of sp³-hybridized carbons (Fsp3) is 0.467. The first kappa shape index (κ1) is 13.0. The van der Waals surface area contributed by atoms with Crippen LogP contribution in [0.4, 0.5) is 0 Å². The Labute approximate surface area is 109 Å². The van der Waals surface area contributed by atoms with E-state index in [0.717, 1.165) is 23.6 Å². The molecule has 3 heteroatoms. The third-order valence-electron chi connectivity index (χ3n) is 3.29. The van der Waals surface area contributed by atoms with E-state index in [0.29, 0.717) is 6.04 Å². The molecule has 1 aromatic carbocycles. The van der Waals surface area contributed by atoms with Gasteiger partial charge in [0.25, 0.3) is 0 Å². The number of rotatable bonds is 4. The van der Waals surface area contributed by atoms with Crippen molar-refractivity contribution in [2.24, 2.45) is 0 Å². The summed E-state index contributed by atoms with van der Waals surface area (Å²) in [7, 11) is 3.37. The van der Waals surface area contributed by atoms with Gasteiger partial charge < -0.3 is 14.8 Å². The van der Waals surface area contributed by atoms with Crippen LogP contribution in [0.15, 0.2) is 24.3 Å². The number of hydrogen-bond donors (Lipinski definition) is 1. The van der Waals surface area contributed by atoms with E-state index in [1.54, 1.807) is 14.2 Å². The molecule has 0 spiro atoms. The molecule has 0 aromatic heterocycles. The van der Waals surface area contributed by atoms with E-state index in [2.05, 4.69) is 17.5 Å². The zero-order valence-electron chi connectivity index (χ0n) is 11.1. The van der Waals surface area contributed by atoms with Gasteiger partial charge in [-0.3, -0.25) is 0 Å². The fourth-order valence-corrected chi connectivity index (χ4v) is 2.23. The number of benzene rings is 1. The Morgan fingerprint density at radius 1 is 1.22 bits per heavy atom. The van der Waals surface area contributed by atoms with Crippen LogP contribution in [-0.4, -0.2) is 26.8 Å². The number of nitrogens with one attached hydrogen (secondary N) is 1. The molecule has 0 aliphatic carbocycles. The molecule has 0 amide bonds. The Morgan fingerprint density at radius 2 is 2.11 bits per heavy atom. The lowest BCUT2D eigenvalue weighted by atomic mass is 10.0. The van der Waals surface area contributed by atoms with Crippen LogP contribution in [0.3, 0.4) is 0 Å². The molecule has 1 unspecified atom stereocenters. The molecule has 1 aromatic rings. The minimum Gasteiger partial charge on any atom is -0.497 e. The van der Waals surface area contributed by atoms with Crippen molar-refractivity contribution in [3.63, 3.8) is 0 Å². The summed E-state index contributed by atoms with van der Waals surface area (Å²) in [5.41, 5.74) is 1.06. The topological polar surface area (TPSA) is 30.5 Å². The van der Waals surface area contributed by atoms with E-state index in [-0.39, 0.29) is 0 Å². The van der Waals surface area contributed by atoms with Gasteiger partial charge in [-0.2, -0.15) is 0 Å². The quantitative estimate of drug-likeness (QED) is 0.887. The molecule has 0 radical (unpaired) electrons. The summed E-state index contributed by atoms with van der Waals surface area (Å²) in [5, 5.41) is 3.50. The summed E-state index contributed by atoms with van der Waals surface area (Å²) < 4.78 is 10.6. The predicted octanol–water partition coefficient (Wildman–Crippen LogP) is 2.86. The number of piperidine rings is 1. The van der Waals surface area contributed by atoms with Crippen molar-refractivity contribution >= 4 is 6.08 Å². The second-order valence-corrected chi connectivity index (χ2v) is 4.52. The molecule has 2 rings (SSSR count). The van der Waals surface area contributed by atoms with Crippen LogP contribution in [0.25, 0.3) is 6.08 Å². The second-order valence-electron chi connectivity index (χ2n) is 4.52. The SMILES string of the molecule is COc1ccc(OC)c(/C=C/C2CCCCN2)c1. The lowest BCUT2D eigenvalue weighted by molar-refractivity contribution is 0.402. The van der Waals surface area contributed by atoms with Gasteiger partial charge in [-0.25, -0.2) is 0 Å². The van der Waals surface area contributed by atoms with Gasteiger partial charge in [-0.1, -0.05) is 18.6 Å². The van der Waals surface area contributed by atoms with E-state index >= 15 is 0 Å². The van der Waals surface area contributed by atoms with Crippen LogP contribution in [0, 0.1) is 0 Å². The van der Waals surface area contributed by atoms with Crippen molar-refractivity contribution in [2.75, 3.05) is 20.8 Å². The highest BCUT2D eigenvalue weighted by molar-refractivity contribution is 5.60. The zero-order valence-corrected chi connectivity index (χ0v) is 11.1. The minimum absolute atomic E-state index is 0.481. The smallest absolute Gasteiger partial charge is 0.126 e. The summed E-state index contributed by atoms with van der Waals surface area (Å²) in [4.78, 5) is 0. The molecule has 1 aliphatic rings. The molecule has 18 heavy (non-hydrogen) atoms. The number of hydrogen-bond acceptors (Lipinski definition) is 3. The van der Waals surface area contributed by atoms with Crippen LogP contribution >= 0.6 is 0 Å². The maximum atomic E-state index is 5.36. The zero-order chi connectivity index (χ0) is 12.8. The number of methoxy groups -OCH3 is 2. The fourth-order valence-electron chi connectivity index (χ4n) is 2.23. The van der Waals surface area contributed by atoms with Crippen LogP contribution in [0.2, 0.25) is 0 Å². The Balaban J connectivity index is 2.12. The second kappa shape index (κ2) is 6.45. The molecular weight excluding hydrogens is 226 g/mol. The summed E-state index contributed by atoms with van der Waals surface area (Å²) in [6, 6.07) is 6.33. The number of ether oxygens (including phenoxy) is 2. The minimum atomic E-state index is 0.481. The van der Waals surface area contributed by atoms with Crippen molar-refractivity contribution in [3.8, 4) is 11.5 Å². The average molecular weight is 247 g/mol. The molecular formula is C15H21NO2. The third-order valence-corrected chi connectivity index (χ3v) is 3.29. The molecule has 1 N–H and O–H groups in total. The van der Waals surface area contributed by atoms with Crippen LogP contribution in [0.1, 0.15) is 24.8 Å². The summed E-state index contributed by atoms with van der Waals surface area (Å²) in [6.07, 6.45) is 8.13. The largest absolute Gasteiger partial charge is 0.497 e. The van der Waals surface area contributed by atoms with Gasteiger partial charge in [-0.05, 0) is 37.6 Å². The molecule has 1 heterocycles. The first-order chi connectivity index (χ1) is 8.83. The monoisotopic (exact) mass is 247 g/mol. The first-order valence-electron chi connectivity index (χ1n) is 6.47. The highest BCUT2D eigenvalue weighted by atomic mass is 16.5. The van der Waals surface area contributed by atoms with Gasteiger partial charge in [0.15, 0.2) is 0 Å². The summed E-state index contributed by atoms with van der Waals surface area (Å²) in [6.45, 7) is 1.12. The third kappa shape index (κ3) is 3.26. The van der Waals surface area contributed by atoms with Gasteiger partial charge in [-0.15, -0.1) is 0 Å². The molecule has 1 aliphatic heterocycles. The molecule has 3 nitrogen and oxygen atoms in total. The van der Waals surface area contributed by atoms with Crippen molar-refractivity contribution in [1.82, 2.24) is 5.32 Å². The standard InChI is InChI=1S/C15H21NO2/c1-17-14-8-9-15(18-2)12(11-14)6-7-13-5-3-4-10-16-13/h6-9,11,13,16H,3-5,10H2,1-2H3/b7-6+. The lowest BCUT2D eigenvalue weighted by Crippen LogP contribution is -2.31. The molecule has 1 fully saturated rings. The molecule has 1 saturated heterocycles. The van der Waals surface area contributed by atoms with Gasteiger partial charge in [0.05, 0.1) is 14.2 Å². The normalized spacial score (nSPS) is 20.0. The van der Waals surface area contributed by atoms with Crippen LogP contribution in [-0.2, 0) is 0 Å². The molecule has 0 bridgehead atoms. The van der Waals surface area contributed by atoms with E-state index in [1.807, 2.05) is 18.2 Å². The molecule has 1 atom stereocenters. The Bertz CT molecular complexity index is 409. The van der Waals surface area contributed by atoms with E-state index in [9.17, 15) is 0 Å². The lowest BCUT2D eigenvalue weighted by Gasteiger charge is -2.20. The summed E-state index contributed by atoms with van der Waals surface area (Å²) in [5.74, 6) is 1.73. The highest BCUT2D eigenvalue weighted by Crippen LogP contribution is 2.25. The van der Waals surface area contributed by atoms with Gasteiger partial charge in [0.1, 0.15) is 11.5 Å². The van der Waals surface area contributed by atoms with Crippen molar-refractivity contribution in [3.05, 3.63) is 29.8 Å². The first-order valence-corrected chi connectivity index (χ1v) is 6.47. The molecule has 0 saturated carbocycles. The van der Waals surface area contributed by atoms with E-state index in [4.69, 9.17) is 9.47 Å². The van der Waals surface area contributed by atoms with Crippen LogP contribution < -0.4 is 14.8 Å². The van der Waals surface area contributed by atoms with Crippen LogP contribution in [0.5, 0.6) is 11.5 Å². The van der Waals surface area contributed by atoms with Crippen molar-refractivity contribution < 1.29 is 9.47 Å². The highest BCUT2D eigenvalue weighted by Gasteiger charge is 2.09. The average Bonchev–Trinajstić information content (AvgIpc) is 2.45. The van der Waals surface area contributed by atoms with E-state index < -0.39 is 0 Å². The molecule has 98 valence electrons. The Kier molecular flexibility index (Phi) is 4.65. The maximum Gasteiger partial charge on any atom is 0.126 e. The van der Waals surface area contributed by atoms with Gasteiger partial charge in [0.2, 0.25) is 0 Å². The summed E-state index contributed by atoms with van der Waals surface area (Å²) >= 11 is 0. The van der Waals surface area contributed by atoms with Crippen molar-refractivity contribution in [1.29, 1.82) is 0 Å². The predicted molar refractivity (Wildman–Crippen MR) is 74.2 cm³/mol. The van der Waals surface area contributed by atoms with Gasteiger partial charge >= 0.3 is 0 Å². The Morgan fingerprint density at radius 3 is 2.78 bits per heavy atom. The van der Waals surface area contributed by atoms with Crippen molar-refractivity contribution in [2.45, 2.75) is 25.3 Å². The maximum absolute atomic E-state index is 5.36.